The van der Waals surface area contributed by atoms with Crippen molar-refractivity contribution in [1.82, 2.24) is 9.97 Å². The van der Waals surface area contributed by atoms with Gasteiger partial charge in [0.05, 0.1) is 0 Å². The first kappa shape index (κ1) is 15.8. The monoisotopic (exact) mass is 303 g/mol. The van der Waals surface area contributed by atoms with E-state index in [0.29, 0.717) is 4.90 Å². The Kier molecular flexibility index (Phi) is 4.56. The van der Waals surface area contributed by atoms with E-state index in [1.165, 1.54) is 0 Å². The molecule has 0 saturated heterocycles. The molecule has 0 aliphatic rings. The van der Waals surface area contributed by atoms with E-state index >= 15 is 0 Å². The van der Waals surface area contributed by atoms with Crippen LogP contribution in [-0.4, -0.2) is 38.3 Å². The molecule has 1 aromatic heterocycles. The maximum atomic E-state index is 11.4. The molecule has 0 bridgehead atoms. The number of amides is 1. The summed E-state index contributed by atoms with van der Waals surface area (Å²) >= 11 is 5.68. The number of aliphatic carboxylic acids is 1. The highest BCUT2D eigenvalue weighted by Gasteiger charge is 2.36. The molecule has 0 spiro atoms. The molecule has 20 heavy (non-hydrogen) atoms. The van der Waals surface area contributed by atoms with Gasteiger partial charge in [0, 0.05) is 0 Å². The van der Waals surface area contributed by atoms with Crippen molar-refractivity contribution in [2.24, 2.45) is 5.92 Å². The Labute approximate surface area is 119 Å². The lowest BCUT2D eigenvalue weighted by molar-refractivity contribution is -0.139. The van der Waals surface area contributed by atoms with Gasteiger partial charge >= 0.3 is 12.1 Å². The molecule has 0 aromatic carbocycles. The van der Waals surface area contributed by atoms with Crippen LogP contribution in [0, 0.1) is 5.92 Å². The van der Waals surface area contributed by atoms with Gasteiger partial charge in [-0.1, -0.05) is 25.4 Å². The SMILES string of the molecule is CC(C)[C@@H](C(=O)O)N(C(=O)O)c1nc(Cl)c(N)nc1N. The molecule has 0 fully saturated rings. The zero-order valence-corrected chi connectivity index (χ0v) is 11.5. The van der Waals surface area contributed by atoms with Crippen LogP contribution in [0.15, 0.2) is 0 Å². The minimum absolute atomic E-state index is 0.172. The standard InChI is InChI=1S/C10H14ClN5O4/c1-3(2)4(9(17)18)16(10(19)20)8-7(13)15-6(12)5(11)14-8/h3-4H,1-2H3,(H,17,18)(H,19,20)(H4,12,13,15)/t4-/m0/s1. The molecule has 1 rings (SSSR count). The second-order valence-electron chi connectivity index (χ2n) is 4.29. The fraction of sp³-hybridized carbons (Fsp3) is 0.400. The molecule has 10 heteroatoms. The highest BCUT2D eigenvalue weighted by molar-refractivity contribution is 6.31. The van der Waals surface area contributed by atoms with Gasteiger partial charge in [0.25, 0.3) is 0 Å². The second-order valence-corrected chi connectivity index (χ2v) is 4.65. The summed E-state index contributed by atoms with van der Waals surface area (Å²) < 4.78 is 0. The van der Waals surface area contributed by atoms with Crippen LogP contribution in [0.3, 0.4) is 0 Å². The third-order valence-electron chi connectivity index (χ3n) is 2.48. The van der Waals surface area contributed by atoms with E-state index in [1.807, 2.05) is 0 Å². The Morgan fingerprint density at radius 2 is 1.75 bits per heavy atom. The summed E-state index contributed by atoms with van der Waals surface area (Å²) in [6.07, 6.45) is -1.53. The van der Waals surface area contributed by atoms with E-state index in [0.717, 1.165) is 0 Å². The Morgan fingerprint density at radius 3 is 2.15 bits per heavy atom. The average Bonchev–Trinajstić information content (AvgIpc) is 2.29. The fourth-order valence-corrected chi connectivity index (χ4v) is 1.77. The molecule has 0 saturated carbocycles. The van der Waals surface area contributed by atoms with Gasteiger partial charge < -0.3 is 21.7 Å². The minimum atomic E-state index is -1.53. The van der Waals surface area contributed by atoms with Crippen molar-refractivity contribution < 1.29 is 19.8 Å². The van der Waals surface area contributed by atoms with E-state index in [9.17, 15) is 19.8 Å². The van der Waals surface area contributed by atoms with Crippen molar-refractivity contribution >= 4 is 41.1 Å². The smallest absolute Gasteiger partial charge is 0.413 e. The molecule has 1 aromatic rings. The Bertz CT molecular complexity index is 551. The topological polar surface area (TPSA) is 156 Å². The van der Waals surface area contributed by atoms with Gasteiger partial charge in [-0.05, 0) is 5.92 Å². The third-order valence-corrected chi connectivity index (χ3v) is 2.76. The number of carboxylic acid groups (broad SMARTS) is 2. The van der Waals surface area contributed by atoms with Crippen molar-refractivity contribution in [3.63, 3.8) is 0 Å². The van der Waals surface area contributed by atoms with Crippen LogP contribution in [0.5, 0.6) is 0 Å². The van der Waals surface area contributed by atoms with Gasteiger partial charge in [0.15, 0.2) is 22.6 Å². The number of carbonyl (C=O) groups is 2. The van der Waals surface area contributed by atoms with E-state index in [2.05, 4.69) is 9.97 Å². The highest BCUT2D eigenvalue weighted by atomic mass is 35.5. The quantitative estimate of drug-likeness (QED) is 0.638. The Balaban J connectivity index is 3.45. The summed E-state index contributed by atoms with van der Waals surface area (Å²) in [5, 5.41) is 18.2. The second kappa shape index (κ2) is 5.78. The number of rotatable bonds is 4. The summed E-state index contributed by atoms with van der Waals surface area (Å²) in [5.74, 6) is -2.72. The Morgan fingerprint density at radius 1 is 1.20 bits per heavy atom. The molecular formula is C10H14ClN5O4. The lowest BCUT2D eigenvalue weighted by Crippen LogP contribution is -2.48. The number of aromatic nitrogens is 2. The zero-order chi connectivity index (χ0) is 15.6. The lowest BCUT2D eigenvalue weighted by Gasteiger charge is -2.28. The van der Waals surface area contributed by atoms with E-state index in [-0.39, 0.29) is 22.6 Å². The van der Waals surface area contributed by atoms with Gasteiger partial charge in [0.1, 0.15) is 6.04 Å². The normalized spacial score (nSPS) is 12.2. The largest absolute Gasteiger partial charge is 0.480 e. The number of carboxylic acids is 1. The molecule has 1 atom stereocenters. The van der Waals surface area contributed by atoms with E-state index < -0.39 is 24.0 Å². The first-order valence-corrected chi connectivity index (χ1v) is 5.88. The van der Waals surface area contributed by atoms with Gasteiger partial charge in [-0.25, -0.2) is 24.5 Å². The molecule has 0 aliphatic carbocycles. The molecular weight excluding hydrogens is 290 g/mol. The number of nitrogens with two attached hydrogens (primary N) is 2. The molecule has 110 valence electrons. The van der Waals surface area contributed by atoms with Crippen LogP contribution >= 0.6 is 11.6 Å². The predicted molar refractivity (Wildman–Crippen MR) is 72.6 cm³/mol. The number of hydrogen-bond acceptors (Lipinski definition) is 6. The summed E-state index contributed by atoms with van der Waals surface area (Å²) in [7, 11) is 0. The van der Waals surface area contributed by atoms with Crippen LogP contribution in [0.2, 0.25) is 5.15 Å². The van der Waals surface area contributed by atoms with Gasteiger partial charge in [0.2, 0.25) is 0 Å². The van der Waals surface area contributed by atoms with Gasteiger partial charge in [-0.15, -0.1) is 0 Å². The summed E-state index contributed by atoms with van der Waals surface area (Å²) in [5.41, 5.74) is 11.0. The van der Waals surface area contributed by atoms with E-state index in [4.69, 9.17) is 23.1 Å². The van der Waals surface area contributed by atoms with Crippen molar-refractivity contribution in [2.75, 3.05) is 16.4 Å². The Hall–Kier alpha value is -2.29. The lowest BCUT2D eigenvalue weighted by atomic mass is 10.0. The molecule has 6 N–H and O–H groups in total. The molecule has 0 unspecified atom stereocenters. The van der Waals surface area contributed by atoms with Crippen molar-refractivity contribution in [3.8, 4) is 0 Å². The highest BCUT2D eigenvalue weighted by Crippen LogP contribution is 2.28. The number of nitrogens with zero attached hydrogens (tertiary/aromatic N) is 3. The number of anilines is 3. The molecule has 9 nitrogen and oxygen atoms in total. The number of nitrogen functional groups attached to an aromatic ring is 2. The summed E-state index contributed by atoms with van der Waals surface area (Å²) in [6.45, 7) is 3.11. The van der Waals surface area contributed by atoms with Crippen LogP contribution in [0.1, 0.15) is 13.8 Å². The predicted octanol–water partition coefficient (Wildman–Crippen LogP) is 0.888. The molecule has 1 amide bonds. The van der Waals surface area contributed by atoms with Gasteiger partial charge in [-0.2, -0.15) is 0 Å². The molecule has 0 aliphatic heterocycles. The maximum absolute atomic E-state index is 11.4. The number of halogens is 1. The summed E-state index contributed by atoms with van der Waals surface area (Å²) in [4.78, 5) is 30.5. The summed E-state index contributed by atoms with van der Waals surface area (Å²) in [6, 6.07) is -1.39. The van der Waals surface area contributed by atoms with Crippen LogP contribution in [0.4, 0.5) is 22.2 Å². The first-order chi connectivity index (χ1) is 9.16. The molecule has 0 radical (unpaired) electrons. The molecule has 1 heterocycles. The van der Waals surface area contributed by atoms with Crippen molar-refractivity contribution in [2.45, 2.75) is 19.9 Å². The first-order valence-electron chi connectivity index (χ1n) is 5.50. The minimum Gasteiger partial charge on any atom is -0.480 e. The maximum Gasteiger partial charge on any atom is 0.413 e. The van der Waals surface area contributed by atoms with Crippen molar-refractivity contribution in [1.29, 1.82) is 0 Å². The fourth-order valence-electron chi connectivity index (χ4n) is 1.65. The zero-order valence-electron chi connectivity index (χ0n) is 10.7. The van der Waals surface area contributed by atoms with Crippen LogP contribution in [0.25, 0.3) is 0 Å². The van der Waals surface area contributed by atoms with Gasteiger partial charge in [-0.3, -0.25) is 0 Å². The van der Waals surface area contributed by atoms with Crippen LogP contribution in [-0.2, 0) is 4.79 Å². The van der Waals surface area contributed by atoms with Crippen molar-refractivity contribution in [3.05, 3.63) is 5.15 Å². The third kappa shape index (κ3) is 2.99. The average molecular weight is 304 g/mol. The number of hydrogen-bond donors (Lipinski definition) is 4. The van der Waals surface area contributed by atoms with E-state index in [1.54, 1.807) is 13.8 Å². The van der Waals surface area contributed by atoms with Crippen LogP contribution < -0.4 is 16.4 Å².